The highest BCUT2D eigenvalue weighted by Gasteiger charge is 1.90. The minimum Gasteiger partial charge on any atom is -0.328 e. The van der Waals surface area contributed by atoms with Gasteiger partial charge in [0.25, 0.3) is 5.09 Å². The summed E-state index contributed by atoms with van der Waals surface area (Å²) in [6.07, 6.45) is 8.43. The van der Waals surface area contributed by atoms with Gasteiger partial charge in [-0.2, -0.15) is 0 Å². The van der Waals surface area contributed by atoms with Gasteiger partial charge in [0.15, 0.2) is 0 Å². The molecule has 0 aliphatic carbocycles. The van der Waals surface area contributed by atoms with Crippen LogP contribution in [0.5, 0.6) is 0 Å². The summed E-state index contributed by atoms with van der Waals surface area (Å²) >= 11 is 0. The van der Waals surface area contributed by atoms with Gasteiger partial charge in [0.1, 0.15) is 0 Å². The van der Waals surface area contributed by atoms with Gasteiger partial charge in [-0.1, -0.05) is 39.0 Å². The fraction of sp³-hybridized carbons (Fsp3) is 1.00. The quantitative estimate of drug-likeness (QED) is 0.407. The third-order valence-corrected chi connectivity index (χ3v) is 1.96. The Morgan fingerprint density at radius 2 is 1.53 bits per heavy atom. The molecule has 0 rings (SSSR count). The van der Waals surface area contributed by atoms with Crippen LogP contribution in [0.15, 0.2) is 0 Å². The van der Waals surface area contributed by atoms with Crippen LogP contribution in [0.2, 0.25) is 0 Å². The second kappa shape index (κ2) is 13.2. The first-order chi connectivity index (χ1) is 7.00. The first kappa shape index (κ1) is 16.6. The van der Waals surface area contributed by atoms with Crippen LogP contribution in [-0.4, -0.2) is 35.8 Å². The van der Waals surface area contributed by atoms with Crippen molar-refractivity contribution in [1.29, 1.82) is 0 Å². The van der Waals surface area contributed by atoms with Crippen molar-refractivity contribution in [2.75, 3.05) is 20.6 Å². The lowest BCUT2D eigenvalue weighted by atomic mass is 10.1. The van der Waals surface area contributed by atoms with Gasteiger partial charge in [-0.3, -0.25) is 0 Å². The van der Waals surface area contributed by atoms with E-state index in [-0.39, 0.29) is 0 Å². The van der Waals surface area contributed by atoms with Gasteiger partial charge in [0.05, 0.1) is 0 Å². The molecule has 0 saturated carbocycles. The SMILES string of the molecule is CCCCCCCCN(C)C.O=[N+]([O-])O. The van der Waals surface area contributed by atoms with Crippen LogP contribution in [0.1, 0.15) is 45.4 Å². The molecule has 0 aliphatic rings. The number of rotatable bonds is 7. The van der Waals surface area contributed by atoms with E-state index >= 15 is 0 Å². The van der Waals surface area contributed by atoms with Crippen molar-refractivity contribution < 1.29 is 10.3 Å². The van der Waals surface area contributed by atoms with Crippen molar-refractivity contribution in [1.82, 2.24) is 4.90 Å². The van der Waals surface area contributed by atoms with E-state index in [1.807, 2.05) is 0 Å². The van der Waals surface area contributed by atoms with Crippen molar-refractivity contribution in [2.45, 2.75) is 45.4 Å². The Morgan fingerprint density at radius 1 is 1.13 bits per heavy atom. The van der Waals surface area contributed by atoms with E-state index in [0.29, 0.717) is 0 Å². The van der Waals surface area contributed by atoms with E-state index in [2.05, 4.69) is 25.9 Å². The summed E-state index contributed by atoms with van der Waals surface area (Å²) in [6, 6.07) is 0. The van der Waals surface area contributed by atoms with Crippen molar-refractivity contribution in [3.63, 3.8) is 0 Å². The molecule has 0 aromatic heterocycles. The van der Waals surface area contributed by atoms with Crippen molar-refractivity contribution in [2.24, 2.45) is 0 Å². The van der Waals surface area contributed by atoms with Gasteiger partial charge >= 0.3 is 0 Å². The highest BCUT2D eigenvalue weighted by molar-refractivity contribution is 4.46. The van der Waals surface area contributed by atoms with Crippen LogP contribution in [0.4, 0.5) is 0 Å². The van der Waals surface area contributed by atoms with Crippen LogP contribution >= 0.6 is 0 Å². The van der Waals surface area contributed by atoms with E-state index in [1.165, 1.54) is 45.1 Å². The van der Waals surface area contributed by atoms with Crippen LogP contribution in [0.3, 0.4) is 0 Å². The molecule has 0 heterocycles. The second-order valence-electron chi connectivity index (χ2n) is 3.81. The normalized spacial score (nSPS) is 9.60. The molecule has 92 valence electrons. The summed E-state index contributed by atoms with van der Waals surface area (Å²) in [5.41, 5.74) is 0. The molecule has 0 spiro atoms. The molecule has 0 amide bonds. The molecule has 0 aromatic carbocycles. The Morgan fingerprint density at radius 3 is 1.93 bits per heavy atom. The molecule has 0 fully saturated rings. The molecule has 0 atom stereocenters. The number of unbranched alkanes of at least 4 members (excludes halogenated alkanes) is 5. The van der Waals surface area contributed by atoms with Crippen molar-refractivity contribution >= 4 is 0 Å². The van der Waals surface area contributed by atoms with Crippen molar-refractivity contribution in [3.8, 4) is 0 Å². The lowest BCUT2D eigenvalue weighted by Crippen LogP contribution is -2.12. The standard InChI is InChI=1S/C10H23N.HNO3/c1-4-5-6-7-8-9-10-11(2)3;2-1(3)4/h4-10H2,1-3H3;(H,2,3,4). The molecule has 0 aromatic rings. The molecule has 0 unspecified atom stereocenters. The average molecular weight is 220 g/mol. The smallest absolute Gasteiger partial charge is 0.291 e. The lowest BCUT2D eigenvalue weighted by molar-refractivity contribution is -0.742. The summed E-state index contributed by atoms with van der Waals surface area (Å²) in [5.74, 6) is 0. The molecule has 5 nitrogen and oxygen atoms in total. The summed E-state index contributed by atoms with van der Waals surface area (Å²) in [4.78, 5) is 10.6. The van der Waals surface area contributed by atoms with E-state index in [1.54, 1.807) is 0 Å². The Labute approximate surface area is 92.2 Å². The van der Waals surface area contributed by atoms with E-state index in [4.69, 9.17) is 15.3 Å². The summed E-state index contributed by atoms with van der Waals surface area (Å²) < 4.78 is 0. The Kier molecular flexibility index (Phi) is 14.6. The first-order valence-electron chi connectivity index (χ1n) is 5.48. The molecule has 0 radical (unpaired) electrons. The fourth-order valence-corrected chi connectivity index (χ4v) is 1.21. The molecule has 0 aliphatic heterocycles. The topological polar surface area (TPSA) is 66.6 Å². The van der Waals surface area contributed by atoms with E-state index in [0.717, 1.165) is 0 Å². The maximum atomic E-state index is 8.36. The third kappa shape index (κ3) is 32.0. The number of hydrogen-bond acceptors (Lipinski definition) is 3. The molecule has 0 bridgehead atoms. The van der Waals surface area contributed by atoms with Gasteiger partial charge < -0.3 is 10.1 Å². The lowest BCUT2D eigenvalue weighted by Gasteiger charge is -2.08. The number of nitrogens with zero attached hydrogens (tertiary/aromatic N) is 2. The molecular formula is C10H24N2O3. The van der Waals surface area contributed by atoms with Crippen molar-refractivity contribution in [3.05, 3.63) is 10.1 Å². The molecule has 0 saturated heterocycles. The molecule has 1 N–H and O–H groups in total. The van der Waals surface area contributed by atoms with Gasteiger partial charge in [0.2, 0.25) is 0 Å². The zero-order valence-electron chi connectivity index (χ0n) is 10.1. The summed E-state index contributed by atoms with van der Waals surface area (Å²) in [5, 5.41) is 13.6. The maximum absolute atomic E-state index is 8.36. The monoisotopic (exact) mass is 220 g/mol. The highest BCUT2D eigenvalue weighted by Crippen LogP contribution is 2.04. The minimum atomic E-state index is -1.50. The highest BCUT2D eigenvalue weighted by atomic mass is 16.9. The second-order valence-corrected chi connectivity index (χ2v) is 3.81. The third-order valence-electron chi connectivity index (χ3n) is 1.96. The minimum absolute atomic E-state index is 1.26. The summed E-state index contributed by atoms with van der Waals surface area (Å²) in [7, 11) is 4.29. The predicted molar refractivity (Wildman–Crippen MR) is 60.7 cm³/mol. The maximum Gasteiger partial charge on any atom is 0.291 e. The first-order valence-corrected chi connectivity index (χ1v) is 5.48. The zero-order chi connectivity index (χ0) is 12.1. The Balaban J connectivity index is 0. The van der Waals surface area contributed by atoms with Crippen LogP contribution < -0.4 is 0 Å². The van der Waals surface area contributed by atoms with Gasteiger partial charge in [-0.25, -0.2) is 0 Å². The van der Waals surface area contributed by atoms with E-state index < -0.39 is 5.09 Å². The Hall–Kier alpha value is -0.840. The van der Waals surface area contributed by atoms with E-state index in [9.17, 15) is 0 Å². The molecule has 15 heavy (non-hydrogen) atoms. The molecular weight excluding hydrogens is 196 g/mol. The predicted octanol–water partition coefficient (Wildman–Crippen LogP) is 2.56. The van der Waals surface area contributed by atoms with Crippen LogP contribution in [0.25, 0.3) is 0 Å². The largest absolute Gasteiger partial charge is 0.328 e. The van der Waals surface area contributed by atoms with Gasteiger partial charge in [0, 0.05) is 0 Å². The van der Waals surface area contributed by atoms with Crippen LogP contribution in [0, 0.1) is 10.1 Å². The average Bonchev–Trinajstić information content (AvgIpc) is 2.09. The number of hydrogen-bond donors (Lipinski definition) is 1. The zero-order valence-corrected chi connectivity index (χ0v) is 10.1. The van der Waals surface area contributed by atoms with Gasteiger partial charge in [-0.05, 0) is 27.1 Å². The summed E-state index contributed by atoms with van der Waals surface area (Å²) in [6.45, 7) is 3.52. The fourth-order valence-electron chi connectivity index (χ4n) is 1.21. The molecule has 5 heteroatoms. The van der Waals surface area contributed by atoms with Gasteiger partial charge in [-0.15, -0.1) is 10.1 Å². The van der Waals surface area contributed by atoms with Crippen LogP contribution in [-0.2, 0) is 0 Å². The Bertz CT molecular complexity index is 137.